The molecule has 10 aromatic rings. The summed E-state index contributed by atoms with van der Waals surface area (Å²) in [6.07, 6.45) is 5.79. The largest absolute Gasteiger partial charge is 0.309 e. The molecule has 1 aliphatic rings. The molecule has 8 aromatic carbocycles. The van der Waals surface area contributed by atoms with Gasteiger partial charge in [-0.1, -0.05) is 177 Å². The second kappa shape index (κ2) is 13.3. The van der Waals surface area contributed by atoms with Crippen LogP contribution in [-0.2, 0) is 5.41 Å². The van der Waals surface area contributed by atoms with Crippen LogP contribution in [0.25, 0.3) is 77.3 Å². The van der Waals surface area contributed by atoms with Gasteiger partial charge < -0.3 is 9.13 Å². The minimum atomic E-state index is -0.131. The fraction of sp³-hybridized carbons (Fsp3) is 0.0545. The fourth-order valence-corrected chi connectivity index (χ4v) is 9.37. The van der Waals surface area contributed by atoms with E-state index in [1.54, 1.807) is 0 Å². The molecule has 0 saturated heterocycles. The quantitative estimate of drug-likeness (QED) is 0.161. The average Bonchev–Trinajstić information content (AvgIpc) is 3.80. The number of allylic oxidation sites excluding steroid dienone is 4. The van der Waals surface area contributed by atoms with Crippen LogP contribution >= 0.6 is 0 Å². The molecule has 1 aliphatic carbocycles. The van der Waals surface area contributed by atoms with Crippen molar-refractivity contribution in [3.05, 3.63) is 229 Å². The van der Waals surface area contributed by atoms with Crippen LogP contribution in [0.5, 0.6) is 0 Å². The summed E-state index contributed by atoms with van der Waals surface area (Å²) in [4.78, 5) is 0. The molecule has 0 aliphatic heterocycles. The van der Waals surface area contributed by atoms with Crippen molar-refractivity contribution >= 4 is 54.8 Å². The second-order valence-electron chi connectivity index (χ2n) is 15.6. The molecule has 2 nitrogen and oxygen atoms in total. The van der Waals surface area contributed by atoms with Crippen LogP contribution in [0.1, 0.15) is 30.0 Å². The third-order valence-corrected chi connectivity index (χ3v) is 12.1. The minimum absolute atomic E-state index is 0.131. The van der Waals surface area contributed by atoms with Gasteiger partial charge in [0.1, 0.15) is 0 Å². The van der Waals surface area contributed by atoms with Crippen molar-refractivity contribution < 1.29 is 0 Å². The van der Waals surface area contributed by atoms with Gasteiger partial charge >= 0.3 is 0 Å². The van der Waals surface area contributed by atoms with Gasteiger partial charge in [0, 0.05) is 38.3 Å². The van der Waals surface area contributed by atoms with E-state index < -0.39 is 0 Å². The Labute approximate surface area is 332 Å². The molecule has 57 heavy (non-hydrogen) atoms. The highest BCUT2D eigenvalue weighted by molar-refractivity contribution is 6.26. The maximum absolute atomic E-state index is 2.47. The van der Waals surface area contributed by atoms with Crippen LogP contribution in [0.2, 0.25) is 0 Å². The van der Waals surface area contributed by atoms with Gasteiger partial charge in [-0.25, -0.2) is 0 Å². The zero-order chi connectivity index (χ0) is 37.9. The van der Waals surface area contributed by atoms with Crippen LogP contribution in [0.15, 0.2) is 212 Å². The lowest BCUT2D eigenvalue weighted by atomic mass is 9.71. The standard InChI is InChI=1S/C55H40N2/c1-55(44-19-9-4-10-20-44)36-42(39-17-7-3-8-18-39)35-43(37-55)41-27-29-45(30-28-41)56-51-24-14-12-22-49(51)53-52(56)34-33-48-47-21-11-13-23-50(47)57(54(48)53)46-31-25-40(26-32-46)38-15-5-2-6-16-38/h2-36H,37H2,1H3. The number of benzene rings is 8. The Kier molecular flexibility index (Phi) is 7.72. The molecule has 0 amide bonds. The smallest absolute Gasteiger partial charge is 0.0641 e. The average molecular weight is 729 g/mol. The monoisotopic (exact) mass is 728 g/mol. The van der Waals surface area contributed by atoms with Crippen molar-refractivity contribution in [2.24, 2.45) is 0 Å². The van der Waals surface area contributed by atoms with Gasteiger partial charge in [0.2, 0.25) is 0 Å². The highest BCUT2D eigenvalue weighted by atomic mass is 15.0. The number of hydrogen-bond acceptors (Lipinski definition) is 0. The summed E-state index contributed by atoms with van der Waals surface area (Å²) in [6.45, 7) is 2.38. The van der Waals surface area contributed by atoms with Crippen molar-refractivity contribution in [1.82, 2.24) is 9.13 Å². The van der Waals surface area contributed by atoms with Gasteiger partial charge in [-0.15, -0.1) is 0 Å². The SMILES string of the molecule is CC1(c2ccccc2)C=C(c2ccccc2)C=C(c2ccc(-n3c4ccccc4c4c3ccc3c5ccccc5n(-c5ccc(-c6ccccc6)cc5)c34)cc2)C1. The molecule has 0 bridgehead atoms. The third-order valence-electron chi connectivity index (χ3n) is 12.1. The zero-order valence-corrected chi connectivity index (χ0v) is 31.8. The van der Waals surface area contributed by atoms with Crippen molar-refractivity contribution in [2.75, 3.05) is 0 Å². The van der Waals surface area contributed by atoms with Crippen LogP contribution in [0, 0.1) is 0 Å². The lowest BCUT2D eigenvalue weighted by molar-refractivity contribution is 0.611. The summed E-state index contributed by atoms with van der Waals surface area (Å²) < 4.78 is 4.92. The lowest BCUT2D eigenvalue weighted by Gasteiger charge is -2.33. The topological polar surface area (TPSA) is 9.86 Å². The molecule has 0 fully saturated rings. The number of para-hydroxylation sites is 2. The maximum Gasteiger partial charge on any atom is 0.0641 e. The maximum atomic E-state index is 2.47. The molecule has 0 spiro atoms. The van der Waals surface area contributed by atoms with Crippen molar-refractivity contribution in [1.29, 1.82) is 0 Å². The van der Waals surface area contributed by atoms with Gasteiger partial charge in [-0.2, -0.15) is 0 Å². The Morgan fingerprint density at radius 3 is 1.61 bits per heavy atom. The van der Waals surface area contributed by atoms with Crippen LogP contribution in [0.4, 0.5) is 0 Å². The second-order valence-corrected chi connectivity index (χ2v) is 15.6. The summed E-state index contributed by atoms with van der Waals surface area (Å²) in [7, 11) is 0. The lowest BCUT2D eigenvalue weighted by Crippen LogP contribution is -2.22. The Balaban J connectivity index is 1.07. The van der Waals surface area contributed by atoms with Gasteiger partial charge in [0.05, 0.1) is 22.1 Å². The van der Waals surface area contributed by atoms with Gasteiger partial charge in [-0.3, -0.25) is 0 Å². The van der Waals surface area contributed by atoms with Gasteiger partial charge in [-0.05, 0) is 87.8 Å². The molecule has 2 heterocycles. The van der Waals surface area contributed by atoms with E-state index in [1.807, 2.05) is 0 Å². The molecule has 11 rings (SSSR count). The highest BCUT2D eigenvalue weighted by Crippen LogP contribution is 2.45. The van der Waals surface area contributed by atoms with E-state index >= 15 is 0 Å². The van der Waals surface area contributed by atoms with Crippen molar-refractivity contribution in [3.8, 4) is 22.5 Å². The molecule has 0 radical (unpaired) electrons. The van der Waals surface area contributed by atoms with E-state index in [1.165, 1.54) is 82.6 Å². The van der Waals surface area contributed by atoms with E-state index in [-0.39, 0.29) is 5.41 Å². The zero-order valence-electron chi connectivity index (χ0n) is 31.8. The molecule has 2 heteroatoms. The molecule has 0 saturated carbocycles. The molecular weight excluding hydrogens is 689 g/mol. The number of fused-ring (bicyclic) bond motifs is 7. The van der Waals surface area contributed by atoms with Crippen molar-refractivity contribution in [2.45, 2.75) is 18.8 Å². The molecule has 1 atom stereocenters. The molecule has 270 valence electrons. The highest BCUT2D eigenvalue weighted by Gasteiger charge is 2.30. The Hall–Kier alpha value is -7.16. The molecule has 2 aromatic heterocycles. The van der Waals surface area contributed by atoms with Crippen LogP contribution in [0.3, 0.4) is 0 Å². The van der Waals surface area contributed by atoms with E-state index in [9.17, 15) is 0 Å². The van der Waals surface area contributed by atoms with Gasteiger partial charge in [0.15, 0.2) is 0 Å². The number of hydrogen-bond donors (Lipinski definition) is 0. The Morgan fingerprint density at radius 2 is 0.930 bits per heavy atom. The molecule has 0 N–H and O–H groups in total. The predicted molar refractivity (Wildman–Crippen MR) is 241 cm³/mol. The predicted octanol–water partition coefficient (Wildman–Crippen LogP) is 14.4. The van der Waals surface area contributed by atoms with E-state index in [2.05, 4.69) is 228 Å². The molecule has 1 unspecified atom stereocenters. The Morgan fingerprint density at radius 1 is 0.404 bits per heavy atom. The Bertz CT molecular complexity index is 3160. The number of rotatable bonds is 6. The van der Waals surface area contributed by atoms with Crippen molar-refractivity contribution in [3.63, 3.8) is 0 Å². The summed E-state index contributed by atoms with van der Waals surface area (Å²) in [5.74, 6) is 0. The number of nitrogens with zero attached hydrogens (tertiary/aromatic N) is 2. The van der Waals surface area contributed by atoms with Gasteiger partial charge in [0.25, 0.3) is 0 Å². The summed E-state index contributed by atoms with van der Waals surface area (Å²) in [5, 5.41) is 5.03. The van der Waals surface area contributed by atoms with E-state index in [0.717, 1.165) is 17.8 Å². The first-order chi connectivity index (χ1) is 28.1. The molecular formula is C55H40N2. The third kappa shape index (κ3) is 5.48. The van der Waals surface area contributed by atoms with E-state index in [0.29, 0.717) is 0 Å². The first kappa shape index (κ1) is 33.2. The summed E-state index contributed by atoms with van der Waals surface area (Å²) >= 11 is 0. The summed E-state index contributed by atoms with van der Waals surface area (Å²) in [5.41, 5.74) is 15.9. The first-order valence-electron chi connectivity index (χ1n) is 19.9. The minimum Gasteiger partial charge on any atom is -0.309 e. The normalized spacial score (nSPS) is 15.7. The first-order valence-corrected chi connectivity index (χ1v) is 19.9. The van der Waals surface area contributed by atoms with E-state index in [4.69, 9.17) is 0 Å². The summed E-state index contributed by atoms with van der Waals surface area (Å²) in [6, 6.07) is 73.1. The number of aromatic nitrogens is 2. The fourth-order valence-electron chi connectivity index (χ4n) is 9.37. The van der Waals surface area contributed by atoms with Crippen LogP contribution < -0.4 is 0 Å². The van der Waals surface area contributed by atoms with Crippen LogP contribution in [-0.4, -0.2) is 9.13 Å².